The molecule has 1 N–H and O–H groups in total. The summed E-state index contributed by atoms with van der Waals surface area (Å²) in [4.78, 5) is 2.02. The zero-order valence-corrected chi connectivity index (χ0v) is 8.97. The Morgan fingerprint density at radius 1 is 1.25 bits per heavy atom. The molecule has 4 heteroatoms. The molecule has 0 saturated carbocycles. The van der Waals surface area contributed by atoms with Crippen molar-refractivity contribution in [2.45, 2.75) is 25.3 Å². The van der Waals surface area contributed by atoms with Gasteiger partial charge in [-0.2, -0.15) is 0 Å². The van der Waals surface area contributed by atoms with Crippen molar-refractivity contribution in [3.8, 4) is 0 Å². The first kappa shape index (κ1) is 9.87. The molecule has 2 heterocycles. The molecular formula is C12H14F2N2. The Balaban J connectivity index is 2.09. The van der Waals surface area contributed by atoms with Crippen LogP contribution in [0.2, 0.25) is 0 Å². The molecule has 2 aliphatic rings. The Kier molecular flexibility index (Phi) is 2.23. The second-order valence-corrected chi connectivity index (χ2v) is 4.48. The van der Waals surface area contributed by atoms with Crippen LogP contribution in [0.5, 0.6) is 0 Å². The second kappa shape index (κ2) is 3.61. The van der Waals surface area contributed by atoms with Gasteiger partial charge in [0, 0.05) is 19.1 Å². The largest absolute Gasteiger partial charge is 0.381 e. The molecule has 0 aliphatic carbocycles. The van der Waals surface area contributed by atoms with Crippen LogP contribution in [0, 0.1) is 11.6 Å². The first-order valence-corrected chi connectivity index (χ1v) is 5.76. The van der Waals surface area contributed by atoms with E-state index in [1.54, 1.807) is 6.07 Å². The SMILES string of the molecule is Fc1ccc2c(c1F)N1CCCCC1CN2. The van der Waals surface area contributed by atoms with Crippen LogP contribution >= 0.6 is 0 Å². The van der Waals surface area contributed by atoms with E-state index in [2.05, 4.69) is 5.32 Å². The summed E-state index contributed by atoms with van der Waals surface area (Å²) in [7, 11) is 0. The number of piperidine rings is 1. The Hall–Kier alpha value is -1.32. The van der Waals surface area contributed by atoms with Crippen molar-refractivity contribution in [3.63, 3.8) is 0 Å². The number of hydrogen-bond acceptors (Lipinski definition) is 2. The van der Waals surface area contributed by atoms with Crippen molar-refractivity contribution in [2.75, 3.05) is 23.3 Å². The first-order chi connectivity index (χ1) is 7.77. The lowest BCUT2D eigenvalue weighted by Crippen LogP contribution is -2.47. The Morgan fingerprint density at radius 2 is 2.12 bits per heavy atom. The molecule has 0 spiro atoms. The van der Waals surface area contributed by atoms with E-state index in [4.69, 9.17) is 0 Å². The van der Waals surface area contributed by atoms with Crippen molar-refractivity contribution in [3.05, 3.63) is 23.8 Å². The molecule has 1 saturated heterocycles. The maximum Gasteiger partial charge on any atom is 0.184 e. The van der Waals surface area contributed by atoms with E-state index in [1.165, 1.54) is 12.5 Å². The minimum Gasteiger partial charge on any atom is -0.381 e. The Bertz CT molecular complexity index is 420. The van der Waals surface area contributed by atoms with Crippen LogP contribution in [0.1, 0.15) is 19.3 Å². The van der Waals surface area contributed by atoms with Crippen molar-refractivity contribution < 1.29 is 8.78 Å². The van der Waals surface area contributed by atoms with Gasteiger partial charge < -0.3 is 10.2 Å². The number of halogens is 2. The van der Waals surface area contributed by atoms with Gasteiger partial charge in [0.15, 0.2) is 11.6 Å². The summed E-state index contributed by atoms with van der Waals surface area (Å²) in [5.41, 5.74) is 1.15. The average molecular weight is 224 g/mol. The summed E-state index contributed by atoms with van der Waals surface area (Å²) in [6.45, 7) is 1.66. The summed E-state index contributed by atoms with van der Waals surface area (Å²) in [6, 6.07) is 3.13. The summed E-state index contributed by atoms with van der Waals surface area (Å²) in [5.74, 6) is -1.47. The Labute approximate surface area is 93.3 Å². The normalized spacial score (nSPS) is 23.4. The Morgan fingerprint density at radius 3 is 3.00 bits per heavy atom. The average Bonchev–Trinajstić information content (AvgIpc) is 2.33. The van der Waals surface area contributed by atoms with E-state index < -0.39 is 11.6 Å². The second-order valence-electron chi connectivity index (χ2n) is 4.48. The summed E-state index contributed by atoms with van der Waals surface area (Å²) >= 11 is 0. The lowest BCUT2D eigenvalue weighted by Gasteiger charge is -2.42. The molecule has 1 aromatic rings. The fourth-order valence-electron chi connectivity index (χ4n) is 2.70. The van der Waals surface area contributed by atoms with Gasteiger partial charge in [-0.15, -0.1) is 0 Å². The molecule has 0 radical (unpaired) electrons. The van der Waals surface area contributed by atoms with Crippen molar-refractivity contribution >= 4 is 11.4 Å². The highest BCUT2D eigenvalue weighted by Crippen LogP contribution is 2.38. The van der Waals surface area contributed by atoms with Gasteiger partial charge in [-0.3, -0.25) is 0 Å². The molecule has 3 rings (SSSR count). The number of anilines is 2. The maximum atomic E-state index is 13.8. The standard InChI is InChI=1S/C12H14F2N2/c13-9-4-5-10-12(11(9)14)16-6-2-1-3-8(16)7-15-10/h4-5,8,15H,1-3,6-7H2. The van der Waals surface area contributed by atoms with E-state index in [9.17, 15) is 8.78 Å². The van der Waals surface area contributed by atoms with E-state index in [0.717, 1.165) is 31.6 Å². The van der Waals surface area contributed by atoms with Crippen molar-refractivity contribution in [1.29, 1.82) is 0 Å². The lowest BCUT2D eigenvalue weighted by molar-refractivity contribution is 0.446. The first-order valence-electron chi connectivity index (χ1n) is 5.76. The molecule has 86 valence electrons. The van der Waals surface area contributed by atoms with Crippen molar-refractivity contribution in [1.82, 2.24) is 0 Å². The van der Waals surface area contributed by atoms with Gasteiger partial charge in [-0.25, -0.2) is 8.78 Å². The van der Waals surface area contributed by atoms with Crippen LogP contribution < -0.4 is 10.2 Å². The van der Waals surface area contributed by atoms with Gasteiger partial charge in [0.1, 0.15) is 0 Å². The van der Waals surface area contributed by atoms with Crippen LogP contribution in [0.4, 0.5) is 20.2 Å². The maximum absolute atomic E-state index is 13.8. The summed E-state index contributed by atoms with van der Waals surface area (Å²) < 4.78 is 27.0. The third-order valence-electron chi connectivity index (χ3n) is 3.51. The highest BCUT2D eigenvalue weighted by Gasteiger charge is 2.31. The molecule has 1 fully saturated rings. The molecule has 1 unspecified atom stereocenters. The van der Waals surface area contributed by atoms with Gasteiger partial charge in [0.2, 0.25) is 0 Å². The number of rotatable bonds is 0. The zero-order chi connectivity index (χ0) is 11.1. The minimum absolute atomic E-state index is 0.317. The number of nitrogens with zero attached hydrogens (tertiary/aromatic N) is 1. The number of benzene rings is 1. The van der Waals surface area contributed by atoms with E-state index >= 15 is 0 Å². The van der Waals surface area contributed by atoms with E-state index in [0.29, 0.717) is 11.7 Å². The van der Waals surface area contributed by atoms with Crippen LogP contribution in [0.3, 0.4) is 0 Å². The summed E-state index contributed by atoms with van der Waals surface area (Å²) in [6.07, 6.45) is 3.30. The van der Waals surface area contributed by atoms with Crippen LogP contribution in [-0.2, 0) is 0 Å². The van der Waals surface area contributed by atoms with Crippen LogP contribution in [0.15, 0.2) is 12.1 Å². The molecule has 0 amide bonds. The third kappa shape index (κ3) is 1.36. The monoisotopic (exact) mass is 224 g/mol. The fraction of sp³-hybridized carbons (Fsp3) is 0.500. The molecule has 2 nitrogen and oxygen atoms in total. The number of nitrogens with one attached hydrogen (secondary N) is 1. The van der Waals surface area contributed by atoms with Gasteiger partial charge >= 0.3 is 0 Å². The molecule has 0 aromatic heterocycles. The van der Waals surface area contributed by atoms with Gasteiger partial charge in [0.25, 0.3) is 0 Å². The highest BCUT2D eigenvalue weighted by molar-refractivity contribution is 5.73. The fourth-order valence-corrected chi connectivity index (χ4v) is 2.70. The molecule has 16 heavy (non-hydrogen) atoms. The molecule has 0 bridgehead atoms. The van der Waals surface area contributed by atoms with E-state index in [-0.39, 0.29) is 0 Å². The molecule has 1 atom stereocenters. The third-order valence-corrected chi connectivity index (χ3v) is 3.51. The molecule has 2 aliphatic heterocycles. The van der Waals surface area contributed by atoms with E-state index in [1.807, 2.05) is 4.90 Å². The zero-order valence-electron chi connectivity index (χ0n) is 8.97. The van der Waals surface area contributed by atoms with Gasteiger partial charge in [-0.05, 0) is 31.4 Å². The predicted octanol–water partition coefficient (Wildman–Crippen LogP) is 2.75. The highest BCUT2D eigenvalue weighted by atomic mass is 19.2. The smallest absolute Gasteiger partial charge is 0.184 e. The predicted molar refractivity (Wildman–Crippen MR) is 59.8 cm³/mol. The quantitative estimate of drug-likeness (QED) is 0.729. The topological polar surface area (TPSA) is 15.3 Å². The van der Waals surface area contributed by atoms with Gasteiger partial charge in [0.05, 0.1) is 11.4 Å². The summed E-state index contributed by atoms with van der Waals surface area (Å²) in [5, 5.41) is 3.18. The molecular weight excluding hydrogens is 210 g/mol. The number of hydrogen-bond donors (Lipinski definition) is 1. The van der Waals surface area contributed by atoms with Crippen LogP contribution in [-0.4, -0.2) is 19.1 Å². The van der Waals surface area contributed by atoms with Crippen molar-refractivity contribution in [2.24, 2.45) is 0 Å². The van der Waals surface area contributed by atoms with Gasteiger partial charge in [-0.1, -0.05) is 0 Å². The molecule has 1 aromatic carbocycles. The van der Waals surface area contributed by atoms with Crippen LogP contribution in [0.25, 0.3) is 0 Å². The lowest BCUT2D eigenvalue weighted by atomic mass is 9.98. The minimum atomic E-state index is -0.758. The number of fused-ring (bicyclic) bond motifs is 3.